The molecule has 2 aromatic carbocycles. The standard InChI is InChI=1S/C55H71N11O9S/c1-34-48(76-33-62-34)36-20-18-35(19-21-36)29-61-53(73)43-27-38(68)32-66(43)54(74)49(55(2,3)4)65-46(69)17-12-10-8-7-9-11-13-24-57-50(70)37-22-23-44(59-30-37)64-45-28-42(40(31-60-45)51(71)56-5)63-41-16-14-15-39(47(41)75-6)52(72)58-25-26-67/h14-16,18-23,28,30-31,33,38,43,49,67-68H,7-13,17,24-27,29,32H2,1-6H3,(H,56,71)(H,57,70)(H,58,72)(H,61,73)(H,65,69)(H2,59,60,63,64)/t38-,43+,49-/m1/s1. The van der Waals surface area contributed by atoms with Gasteiger partial charge in [-0.2, -0.15) is 0 Å². The molecule has 4 heterocycles. The third-order valence-corrected chi connectivity index (χ3v) is 13.8. The van der Waals surface area contributed by atoms with Crippen LogP contribution in [0.1, 0.15) is 121 Å². The van der Waals surface area contributed by atoms with Crippen molar-refractivity contribution < 1.29 is 43.7 Å². The van der Waals surface area contributed by atoms with E-state index in [4.69, 9.17) is 9.84 Å². The molecular formula is C55H71N11O9S. The number of nitrogens with zero attached hydrogens (tertiary/aromatic N) is 4. The number of nitrogens with one attached hydrogen (secondary N) is 7. The number of amides is 6. The molecule has 1 aliphatic rings. The lowest BCUT2D eigenvalue weighted by molar-refractivity contribution is -0.144. The van der Waals surface area contributed by atoms with Gasteiger partial charge in [0.2, 0.25) is 17.7 Å². The zero-order chi connectivity index (χ0) is 54.8. The van der Waals surface area contributed by atoms with Crippen molar-refractivity contribution in [3.63, 3.8) is 0 Å². The van der Waals surface area contributed by atoms with Crippen LogP contribution in [0.5, 0.6) is 5.75 Å². The highest BCUT2D eigenvalue weighted by atomic mass is 32.1. The van der Waals surface area contributed by atoms with Gasteiger partial charge in [0.1, 0.15) is 23.7 Å². The van der Waals surface area contributed by atoms with Gasteiger partial charge in [0.15, 0.2) is 5.75 Å². The van der Waals surface area contributed by atoms with Crippen LogP contribution in [0.2, 0.25) is 0 Å². The van der Waals surface area contributed by atoms with Gasteiger partial charge in [-0.05, 0) is 60.6 Å². The van der Waals surface area contributed by atoms with Gasteiger partial charge in [-0.1, -0.05) is 83.2 Å². The summed E-state index contributed by atoms with van der Waals surface area (Å²) in [4.78, 5) is 94.8. The SMILES string of the molecule is CNC(=O)c1cnc(Nc2ccc(C(=O)NCCCCCCCCCC(=O)N[C@H](C(=O)N3C[C@H](O)C[C@H]3C(=O)NCc3ccc(-c4scnc4C)cc3)C(C)(C)C)cn2)cc1Nc1cccc(C(=O)NCCO)c1OC. The number of ether oxygens (including phenoxy) is 1. The van der Waals surface area contributed by atoms with E-state index in [2.05, 4.69) is 52.2 Å². The van der Waals surface area contributed by atoms with Crippen molar-refractivity contribution in [1.29, 1.82) is 0 Å². The molecule has 1 aliphatic heterocycles. The van der Waals surface area contributed by atoms with Crippen LogP contribution >= 0.6 is 11.3 Å². The number of carbonyl (C=O) groups is 6. The number of hydrogen-bond acceptors (Lipinski definition) is 15. The predicted molar refractivity (Wildman–Crippen MR) is 292 cm³/mol. The summed E-state index contributed by atoms with van der Waals surface area (Å²) in [6, 6.07) is 16.0. The second-order valence-electron chi connectivity index (χ2n) is 19.7. The monoisotopic (exact) mass is 1060 g/mol. The fourth-order valence-electron chi connectivity index (χ4n) is 8.73. The molecule has 76 heavy (non-hydrogen) atoms. The molecule has 9 N–H and O–H groups in total. The van der Waals surface area contributed by atoms with E-state index >= 15 is 0 Å². The largest absolute Gasteiger partial charge is 0.494 e. The number of aliphatic hydroxyl groups is 2. The Labute approximate surface area is 447 Å². The van der Waals surface area contributed by atoms with Crippen molar-refractivity contribution in [2.75, 3.05) is 51.0 Å². The van der Waals surface area contributed by atoms with Crippen molar-refractivity contribution in [2.45, 2.75) is 110 Å². The van der Waals surface area contributed by atoms with Gasteiger partial charge >= 0.3 is 0 Å². The highest BCUT2D eigenvalue weighted by Crippen LogP contribution is 2.34. The quantitative estimate of drug-likeness (QED) is 0.0281. The Balaban J connectivity index is 0.880. The first-order chi connectivity index (χ1) is 36.5. The number of para-hydroxylation sites is 1. The van der Waals surface area contributed by atoms with Crippen LogP contribution < -0.4 is 42.0 Å². The number of β-amino-alcohol motifs (C(OH)–C–C–N with tert-alkyl or cyclic N) is 1. The van der Waals surface area contributed by atoms with Crippen LogP contribution in [-0.2, 0) is 20.9 Å². The van der Waals surface area contributed by atoms with E-state index in [-0.39, 0.29) is 79.6 Å². The van der Waals surface area contributed by atoms with E-state index in [1.54, 1.807) is 47.7 Å². The third-order valence-electron chi connectivity index (χ3n) is 12.9. The van der Waals surface area contributed by atoms with Crippen LogP contribution in [0.3, 0.4) is 0 Å². The molecule has 21 heteroatoms. The maximum atomic E-state index is 14.0. The molecule has 3 aromatic heterocycles. The number of aliphatic hydroxyl groups excluding tert-OH is 2. The number of aryl methyl sites for hydroxylation is 1. The van der Waals surface area contributed by atoms with Crippen LogP contribution in [-0.4, -0.2) is 124 Å². The number of unbranched alkanes of at least 4 members (excludes halogenated alkanes) is 6. The van der Waals surface area contributed by atoms with Crippen molar-refractivity contribution in [1.82, 2.24) is 46.4 Å². The highest BCUT2D eigenvalue weighted by molar-refractivity contribution is 7.13. The summed E-state index contributed by atoms with van der Waals surface area (Å²) in [5.74, 6) is -1.10. The highest BCUT2D eigenvalue weighted by Gasteiger charge is 2.44. The van der Waals surface area contributed by atoms with E-state index < -0.39 is 35.4 Å². The molecule has 6 amide bonds. The van der Waals surface area contributed by atoms with E-state index in [0.29, 0.717) is 41.5 Å². The van der Waals surface area contributed by atoms with Crippen LogP contribution in [0, 0.1) is 12.3 Å². The molecule has 0 spiro atoms. The summed E-state index contributed by atoms with van der Waals surface area (Å²) in [6.45, 7) is 8.19. The topological polar surface area (TPSA) is 278 Å². The Hall–Kier alpha value is -7.49. The number of methoxy groups -OCH3 is 1. The minimum absolute atomic E-state index is 0.00761. The molecule has 1 saturated heterocycles. The average Bonchev–Trinajstić information content (AvgIpc) is 4.04. The summed E-state index contributed by atoms with van der Waals surface area (Å²) in [6.07, 6.45) is 8.47. The molecule has 6 rings (SSSR count). The first-order valence-electron chi connectivity index (χ1n) is 25.6. The zero-order valence-corrected chi connectivity index (χ0v) is 44.9. The first kappa shape index (κ1) is 57.8. The minimum Gasteiger partial charge on any atom is -0.494 e. The van der Waals surface area contributed by atoms with Crippen molar-refractivity contribution in [2.24, 2.45) is 5.41 Å². The molecule has 0 saturated carbocycles. The molecule has 0 aliphatic carbocycles. The Morgan fingerprint density at radius 2 is 1.50 bits per heavy atom. The molecule has 3 atom stereocenters. The summed E-state index contributed by atoms with van der Waals surface area (Å²) < 4.78 is 5.56. The molecule has 0 bridgehead atoms. The number of anilines is 4. The number of carbonyl (C=O) groups excluding carboxylic acids is 6. The molecule has 1 fully saturated rings. The second kappa shape index (κ2) is 27.9. The fraction of sp³-hybridized carbons (Fsp3) is 0.436. The molecule has 0 unspecified atom stereocenters. The fourth-order valence-corrected chi connectivity index (χ4v) is 9.54. The molecular weight excluding hydrogens is 991 g/mol. The van der Waals surface area contributed by atoms with E-state index in [1.165, 1.54) is 31.5 Å². The van der Waals surface area contributed by atoms with Crippen LogP contribution in [0.25, 0.3) is 10.4 Å². The van der Waals surface area contributed by atoms with Crippen LogP contribution in [0.15, 0.2) is 78.6 Å². The molecule has 0 radical (unpaired) electrons. The smallest absolute Gasteiger partial charge is 0.255 e. The van der Waals surface area contributed by atoms with Crippen LogP contribution in [0.4, 0.5) is 23.0 Å². The minimum atomic E-state index is -0.885. The number of rotatable bonds is 26. The van der Waals surface area contributed by atoms with Crippen molar-refractivity contribution in [3.8, 4) is 16.2 Å². The van der Waals surface area contributed by atoms with E-state index in [0.717, 1.165) is 60.2 Å². The lowest BCUT2D eigenvalue weighted by Gasteiger charge is -2.35. The lowest BCUT2D eigenvalue weighted by Crippen LogP contribution is -2.57. The summed E-state index contributed by atoms with van der Waals surface area (Å²) in [5.41, 5.74) is 5.68. The van der Waals surface area contributed by atoms with Gasteiger partial charge in [-0.3, -0.25) is 28.8 Å². The lowest BCUT2D eigenvalue weighted by atomic mass is 9.85. The van der Waals surface area contributed by atoms with Gasteiger partial charge in [0.05, 0.1) is 64.0 Å². The maximum absolute atomic E-state index is 14.0. The number of pyridine rings is 2. The predicted octanol–water partition coefficient (Wildman–Crippen LogP) is 6.15. The van der Waals surface area contributed by atoms with Gasteiger partial charge in [-0.25, -0.2) is 15.0 Å². The average molecular weight is 1060 g/mol. The molecule has 406 valence electrons. The number of hydrogen-bond donors (Lipinski definition) is 9. The van der Waals surface area contributed by atoms with Crippen molar-refractivity contribution in [3.05, 3.63) is 107 Å². The number of thiazole rings is 1. The van der Waals surface area contributed by atoms with Gasteiger partial charge in [0, 0.05) is 64.5 Å². The number of aromatic nitrogens is 3. The summed E-state index contributed by atoms with van der Waals surface area (Å²) in [7, 11) is 2.92. The molecule has 20 nitrogen and oxygen atoms in total. The zero-order valence-electron chi connectivity index (χ0n) is 44.1. The summed E-state index contributed by atoms with van der Waals surface area (Å²) >= 11 is 1.57. The Kier molecular flexibility index (Phi) is 21.2. The summed E-state index contributed by atoms with van der Waals surface area (Å²) in [5, 5.41) is 40.1. The normalized spacial score (nSPS) is 14.6. The van der Waals surface area contributed by atoms with Gasteiger partial charge in [-0.15, -0.1) is 11.3 Å². The van der Waals surface area contributed by atoms with Gasteiger partial charge in [0.25, 0.3) is 17.7 Å². The van der Waals surface area contributed by atoms with Crippen molar-refractivity contribution >= 4 is 69.8 Å². The first-order valence-corrected chi connectivity index (χ1v) is 26.5. The number of benzene rings is 2. The number of likely N-dealkylation sites (tertiary alicyclic amines) is 1. The Bertz CT molecular complexity index is 2780. The third kappa shape index (κ3) is 16.0. The maximum Gasteiger partial charge on any atom is 0.255 e. The van der Waals surface area contributed by atoms with E-state index in [9.17, 15) is 33.9 Å². The Morgan fingerprint density at radius 1 is 0.789 bits per heavy atom. The Morgan fingerprint density at radius 3 is 2.16 bits per heavy atom. The van der Waals surface area contributed by atoms with Gasteiger partial charge < -0.3 is 57.1 Å². The molecule has 5 aromatic rings. The van der Waals surface area contributed by atoms with E-state index in [1.807, 2.05) is 57.5 Å². The second-order valence-corrected chi connectivity index (χ2v) is 20.5.